The highest BCUT2D eigenvalue weighted by Crippen LogP contribution is 2.10. The van der Waals surface area contributed by atoms with Gasteiger partial charge in [0.2, 0.25) is 0 Å². The van der Waals surface area contributed by atoms with Crippen molar-refractivity contribution in [1.29, 1.82) is 0 Å². The summed E-state index contributed by atoms with van der Waals surface area (Å²) in [6, 6.07) is 6.63. The molecule has 0 aromatic heterocycles. The summed E-state index contributed by atoms with van der Waals surface area (Å²) >= 11 is 0. The zero-order valence-corrected chi connectivity index (χ0v) is 9.56. The van der Waals surface area contributed by atoms with Gasteiger partial charge in [-0.2, -0.15) is 0 Å². The summed E-state index contributed by atoms with van der Waals surface area (Å²) in [4.78, 5) is 0.304. The Labute approximate surface area is 90.4 Å². The van der Waals surface area contributed by atoms with Crippen molar-refractivity contribution in [2.45, 2.75) is 4.90 Å². The van der Waals surface area contributed by atoms with Gasteiger partial charge in [-0.05, 0) is 25.2 Å². The zero-order chi connectivity index (χ0) is 11.3. The van der Waals surface area contributed by atoms with E-state index < -0.39 is 9.84 Å². The lowest BCUT2D eigenvalue weighted by molar-refractivity contribution is 0.602. The van der Waals surface area contributed by atoms with Gasteiger partial charge in [0, 0.05) is 11.8 Å². The van der Waals surface area contributed by atoms with E-state index in [2.05, 4.69) is 17.2 Å². The van der Waals surface area contributed by atoms with E-state index in [0.717, 1.165) is 0 Å². The average Bonchev–Trinajstić information content (AvgIpc) is 2.17. The molecule has 1 aromatic carbocycles. The van der Waals surface area contributed by atoms with Crippen LogP contribution in [0.2, 0.25) is 0 Å². The number of benzene rings is 1. The first-order valence-electron chi connectivity index (χ1n) is 4.47. The first kappa shape index (κ1) is 11.8. The van der Waals surface area contributed by atoms with Crippen molar-refractivity contribution in [3.63, 3.8) is 0 Å². The maximum atomic E-state index is 11.3. The van der Waals surface area contributed by atoms with Crippen LogP contribution in [0.5, 0.6) is 0 Å². The number of hydrogen-bond acceptors (Lipinski definition) is 3. The third-order valence-corrected chi connectivity index (χ3v) is 2.87. The molecule has 0 unspecified atom stereocenters. The molecule has 3 nitrogen and oxygen atoms in total. The topological polar surface area (TPSA) is 46.2 Å². The molecule has 0 heterocycles. The van der Waals surface area contributed by atoms with E-state index in [-0.39, 0.29) is 0 Å². The van der Waals surface area contributed by atoms with Gasteiger partial charge in [-0.3, -0.25) is 0 Å². The van der Waals surface area contributed by atoms with Crippen molar-refractivity contribution < 1.29 is 8.42 Å². The Morgan fingerprint density at radius 1 is 1.40 bits per heavy atom. The molecule has 1 aromatic rings. The smallest absolute Gasteiger partial charge is 0.175 e. The Bertz CT molecular complexity index is 495. The summed E-state index contributed by atoms with van der Waals surface area (Å²) in [5.41, 5.74) is 0.716. The molecule has 15 heavy (non-hydrogen) atoms. The number of hydrogen-bond donors (Lipinski definition) is 1. The SMILES string of the molecule is CNCC#Cc1cccc(S(C)(=O)=O)c1. The molecule has 1 N–H and O–H groups in total. The molecule has 0 amide bonds. The van der Waals surface area contributed by atoms with Gasteiger partial charge in [0.05, 0.1) is 11.4 Å². The summed E-state index contributed by atoms with van der Waals surface area (Å²) in [5.74, 6) is 5.76. The van der Waals surface area contributed by atoms with Gasteiger partial charge in [-0.25, -0.2) is 8.42 Å². The van der Waals surface area contributed by atoms with Gasteiger partial charge in [-0.1, -0.05) is 17.9 Å². The van der Waals surface area contributed by atoms with Crippen LogP contribution >= 0.6 is 0 Å². The molecular weight excluding hydrogens is 210 g/mol. The number of sulfone groups is 1. The van der Waals surface area contributed by atoms with E-state index in [1.165, 1.54) is 6.26 Å². The molecule has 0 spiro atoms. The maximum Gasteiger partial charge on any atom is 0.175 e. The summed E-state index contributed by atoms with van der Waals surface area (Å²) in [5, 5.41) is 2.89. The molecule has 0 saturated carbocycles. The fourth-order valence-electron chi connectivity index (χ4n) is 1.04. The predicted molar refractivity (Wildman–Crippen MR) is 60.4 cm³/mol. The van der Waals surface area contributed by atoms with E-state index in [0.29, 0.717) is 17.0 Å². The van der Waals surface area contributed by atoms with Crippen LogP contribution in [0.25, 0.3) is 0 Å². The zero-order valence-electron chi connectivity index (χ0n) is 8.74. The fourth-order valence-corrected chi connectivity index (χ4v) is 1.71. The lowest BCUT2D eigenvalue weighted by atomic mass is 10.2. The minimum absolute atomic E-state index is 0.304. The van der Waals surface area contributed by atoms with E-state index in [1.807, 2.05) is 7.05 Å². The van der Waals surface area contributed by atoms with Gasteiger partial charge >= 0.3 is 0 Å². The van der Waals surface area contributed by atoms with Crippen LogP contribution in [0.15, 0.2) is 29.2 Å². The summed E-state index contributed by atoms with van der Waals surface area (Å²) in [7, 11) is -1.33. The van der Waals surface area contributed by atoms with Crippen LogP contribution in [-0.2, 0) is 9.84 Å². The monoisotopic (exact) mass is 223 g/mol. The van der Waals surface area contributed by atoms with Gasteiger partial charge < -0.3 is 5.32 Å². The first-order valence-corrected chi connectivity index (χ1v) is 6.37. The molecule has 0 saturated heterocycles. The summed E-state index contributed by atoms with van der Waals surface area (Å²) in [6.07, 6.45) is 1.19. The lowest BCUT2D eigenvalue weighted by Crippen LogP contribution is -2.04. The third-order valence-electron chi connectivity index (χ3n) is 1.76. The van der Waals surface area contributed by atoms with Crippen molar-refractivity contribution >= 4 is 9.84 Å². The second-order valence-electron chi connectivity index (χ2n) is 3.13. The van der Waals surface area contributed by atoms with Gasteiger partial charge in [0.15, 0.2) is 9.84 Å². The highest BCUT2D eigenvalue weighted by Gasteiger charge is 2.05. The van der Waals surface area contributed by atoms with Gasteiger partial charge in [0.25, 0.3) is 0 Å². The molecule has 0 bridgehead atoms. The molecule has 0 aliphatic heterocycles. The van der Waals surface area contributed by atoms with E-state index in [9.17, 15) is 8.42 Å². The van der Waals surface area contributed by atoms with Crippen molar-refractivity contribution in [2.75, 3.05) is 19.8 Å². The second kappa shape index (κ2) is 4.96. The molecule has 0 fully saturated rings. The summed E-state index contributed by atoms with van der Waals surface area (Å²) < 4.78 is 22.5. The summed E-state index contributed by atoms with van der Waals surface area (Å²) in [6.45, 7) is 0.586. The van der Waals surface area contributed by atoms with Crippen LogP contribution in [0.1, 0.15) is 5.56 Å². The van der Waals surface area contributed by atoms with Crippen LogP contribution in [0, 0.1) is 11.8 Å². The van der Waals surface area contributed by atoms with Gasteiger partial charge in [0.1, 0.15) is 0 Å². The highest BCUT2D eigenvalue weighted by atomic mass is 32.2. The van der Waals surface area contributed by atoms with E-state index >= 15 is 0 Å². The minimum Gasteiger partial charge on any atom is -0.309 e. The molecule has 0 aliphatic carbocycles. The van der Waals surface area contributed by atoms with Gasteiger partial charge in [-0.15, -0.1) is 0 Å². The lowest BCUT2D eigenvalue weighted by Gasteiger charge is -1.97. The highest BCUT2D eigenvalue weighted by molar-refractivity contribution is 7.90. The maximum absolute atomic E-state index is 11.3. The quantitative estimate of drug-likeness (QED) is 0.749. The molecule has 0 atom stereocenters. The molecule has 0 radical (unpaired) electrons. The van der Waals surface area contributed by atoms with Crippen molar-refractivity contribution in [2.24, 2.45) is 0 Å². The van der Waals surface area contributed by atoms with Crippen molar-refractivity contribution in [1.82, 2.24) is 5.32 Å². The third kappa shape index (κ3) is 3.74. The Hall–Kier alpha value is -1.31. The first-order chi connectivity index (χ1) is 7.04. The Kier molecular flexibility index (Phi) is 3.89. The molecule has 1 rings (SSSR count). The van der Waals surface area contributed by atoms with Crippen molar-refractivity contribution in [3.8, 4) is 11.8 Å². The standard InChI is InChI=1S/C11H13NO2S/c1-12-8-4-6-10-5-3-7-11(9-10)15(2,13)14/h3,5,7,9,12H,8H2,1-2H3. The van der Waals surface area contributed by atoms with Crippen LogP contribution in [-0.4, -0.2) is 28.3 Å². The largest absolute Gasteiger partial charge is 0.309 e. The Morgan fingerprint density at radius 3 is 2.73 bits per heavy atom. The van der Waals surface area contributed by atoms with Crippen molar-refractivity contribution in [3.05, 3.63) is 29.8 Å². The second-order valence-corrected chi connectivity index (χ2v) is 5.15. The van der Waals surface area contributed by atoms with E-state index in [4.69, 9.17) is 0 Å². The fraction of sp³-hybridized carbons (Fsp3) is 0.273. The molecule has 80 valence electrons. The Balaban J connectivity index is 3.00. The Morgan fingerprint density at radius 2 is 2.13 bits per heavy atom. The minimum atomic E-state index is -3.14. The molecule has 0 aliphatic rings. The molecular formula is C11H13NO2S. The van der Waals surface area contributed by atoms with Crippen LogP contribution in [0.4, 0.5) is 0 Å². The number of rotatable bonds is 2. The van der Waals surface area contributed by atoms with Crippen LogP contribution < -0.4 is 5.32 Å². The predicted octanol–water partition coefficient (Wildman–Crippen LogP) is 0.661. The van der Waals surface area contributed by atoms with E-state index in [1.54, 1.807) is 24.3 Å². The average molecular weight is 223 g/mol. The number of nitrogens with one attached hydrogen (secondary N) is 1. The van der Waals surface area contributed by atoms with Crippen LogP contribution in [0.3, 0.4) is 0 Å². The normalized spacial score (nSPS) is 10.5. The molecule has 4 heteroatoms.